The van der Waals surface area contributed by atoms with E-state index in [-0.39, 0.29) is 19.1 Å². The summed E-state index contributed by atoms with van der Waals surface area (Å²) in [5.74, 6) is -0.00982. The number of esters is 1. The molecule has 25 heavy (non-hydrogen) atoms. The van der Waals surface area contributed by atoms with Gasteiger partial charge in [-0.2, -0.15) is 0 Å². The van der Waals surface area contributed by atoms with E-state index in [1.54, 1.807) is 13.2 Å². The lowest BCUT2D eigenvalue weighted by Gasteiger charge is -2.14. The predicted molar refractivity (Wildman–Crippen MR) is 102 cm³/mol. The van der Waals surface area contributed by atoms with E-state index in [0.717, 1.165) is 11.3 Å². The van der Waals surface area contributed by atoms with Crippen LogP contribution in [-0.4, -0.2) is 66.9 Å². The molecule has 0 saturated carbocycles. The number of hydrogen-bond donors (Lipinski definition) is 0. The highest BCUT2D eigenvalue weighted by Crippen LogP contribution is 2.32. The van der Waals surface area contributed by atoms with Crippen LogP contribution in [0.3, 0.4) is 0 Å². The molecule has 1 heterocycles. The Balaban J connectivity index is 1.98. The van der Waals surface area contributed by atoms with Crippen LogP contribution >= 0.6 is 24.0 Å². The van der Waals surface area contributed by atoms with Gasteiger partial charge in [-0.05, 0) is 37.9 Å². The summed E-state index contributed by atoms with van der Waals surface area (Å²) in [6.07, 6.45) is 1.75. The van der Waals surface area contributed by atoms with Gasteiger partial charge in [0.15, 0.2) is 0 Å². The van der Waals surface area contributed by atoms with Crippen molar-refractivity contribution in [2.45, 2.75) is 0 Å². The maximum atomic E-state index is 12.5. The van der Waals surface area contributed by atoms with Crippen LogP contribution in [0.25, 0.3) is 6.08 Å². The van der Waals surface area contributed by atoms with E-state index in [1.807, 2.05) is 43.3 Å². The fraction of sp³-hybridized carbons (Fsp3) is 0.353. The fourth-order valence-corrected chi connectivity index (χ4v) is 3.26. The molecule has 1 aromatic carbocycles. The van der Waals surface area contributed by atoms with Gasteiger partial charge in [0, 0.05) is 6.54 Å². The number of carbonyl (C=O) groups is 2. The molecule has 0 bridgehead atoms. The van der Waals surface area contributed by atoms with E-state index >= 15 is 0 Å². The molecule has 0 atom stereocenters. The number of methoxy groups -OCH3 is 1. The van der Waals surface area contributed by atoms with Crippen LogP contribution < -0.4 is 4.74 Å². The van der Waals surface area contributed by atoms with Gasteiger partial charge in [-0.1, -0.05) is 36.1 Å². The van der Waals surface area contributed by atoms with E-state index in [0.29, 0.717) is 15.8 Å². The van der Waals surface area contributed by atoms with Gasteiger partial charge in [0.1, 0.15) is 23.2 Å². The third kappa shape index (κ3) is 5.55. The third-order valence-electron chi connectivity index (χ3n) is 3.38. The number of hydrogen-bond acceptors (Lipinski definition) is 7. The van der Waals surface area contributed by atoms with Crippen LogP contribution in [0.5, 0.6) is 5.75 Å². The first-order valence-corrected chi connectivity index (χ1v) is 8.83. The van der Waals surface area contributed by atoms with Gasteiger partial charge in [-0.15, -0.1) is 0 Å². The number of benzene rings is 1. The van der Waals surface area contributed by atoms with E-state index in [2.05, 4.69) is 0 Å². The largest absolute Gasteiger partial charge is 0.497 e. The number of thiocarbonyl (C=S) groups is 1. The molecule has 0 aromatic heterocycles. The Bertz CT molecular complexity index is 686. The summed E-state index contributed by atoms with van der Waals surface area (Å²) in [6.45, 7) is 0.738. The minimum atomic E-state index is -0.469. The van der Waals surface area contributed by atoms with Crippen molar-refractivity contribution in [1.29, 1.82) is 0 Å². The maximum absolute atomic E-state index is 12.5. The first-order valence-electron chi connectivity index (χ1n) is 7.60. The lowest BCUT2D eigenvalue weighted by Crippen LogP contribution is -2.35. The second-order valence-electron chi connectivity index (χ2n) is 5.56. The molecule has 1 aliphatic rings. The summed E-state index contributed by atoms with van der Waals surface area (Å²) in [5.41, 5.74) is 0.856. The third-order valence-corrected chi connectivity index (χ3v) is 4.75. The zero-order valence-electron chi connectivity index (χ0n) is 14.4. The Hall–Kier alpha value is -1.90. The number of amides is 1. The van der Waals surface area contributed by atoms with Gasteiger partial charge >= 0.3 is 5.97 Å². The number of nitrogens with zero attached hydrogens (tertiary/aromatic N) is 2. The molecule has 2 rings (SSSR count). The van der Waals surface area contributed by atoms with E-state index < -0.39 is 5.97 Å². The monoisotopic (exact) mass is 380 g/mol. The molecule has 1 aliphatic heterocycles. The number of ether oxygens (including phenoxy) is 2. The van der Waals surface area contributed by atoms with Gasteiger partial charge in [0.25, 0.3) is 5.91 Å². The second kappa shape index (κ2) is 8.98. The number of rotatable bonds is 7. The molecule has 8 heteroatoms. The Morgan fingerprint density at radius 2 is 2.00 bits per heavy atom. The van der Waals surface area contributed by atoms with E-state index in [1.165, 1.54) is 16.7 Å². The van der Waals surface area contributed by atoms with Gasteiger partial charge < -0.3 is 14.4 Å². The highest BCUT2D eigenvalue weighted by Gasteiger charge is 2.33. The summed E-state index contributed by atoms with van der Waals surface area (Å²) in [4.78, 5) is 28.0. The molecule has 0 spiro atoms. The molecular formula is C17H20N2O4S2. The summed E-state index contributed by atoms with van der Waals surface area (Å²) < 4.78 is 10.6. The smallest absolute Gasteiger partial charge is 0.326 e. The van der Waals surface area contributed by atoms with E-state index in [9.17, 15) is 9.59 Å². The zero-order chi connectivity index (χ0) is 18.4. The standard InChI is InChI=1S/C17H20N2O4S2/c1-18(2)8-9-23-15(20)11-19-16(21)14(25-17(19)24)10-12-4-6-13(22-3)7-5-12/h4-7,10H,8-9,11H2,1-3H3. The van der Waals surface area contributed by atoms with Crippen LogP contribution in [-0.2, 0) is 14.3 Å². The second-order valence-corrected chi connectivity index (χ2v) is 7.24. The minimum absolute atomic E-state index is 0.169. The molecule has 6 nitrogen and oxygen atoms in total. The van der Waals surface area contributed by atoms with Crippen molar-refractivity contribution in [2.75, 3.05) is 40.9 Å². The Labute approximate surface area is 156 Å². The minimum Gasteiger partial charge on any atom is -0.497 e. The van der Waals surface area contributed by atoms with Crippen LogP contribution in [0.2, 0.25) is 0 Å². The summed E-state index contributed by atoms with van der Waals surface area (Å²) in [7, 11) is 5.37. The van der Waals surface area contributed by atoms with Gasteiger partial charge in [-0.3, -0.25) is 14.5 Å². The number of likely N-dealkylation sites (N-methyl/N-ethyl adjacent to an activating group) is 1. The van der Waals surface area contributed by atoms with Gasteiger partial charge in [-0.25, -0.2) is 0 Å². The van der Waals surface area contributed by atoms with Crippen LogP contribution in [0.4, 0.5) is 0 Å². The SMILES string of the molecule is COc1ccc(C=C2SC(=S)N(CC(=O)OCCN(C)C)C2=O)cc1. The Morgan fingerprint density at radius 1 is 1.32 bits per heavy atom. The number of carbonyl (C=O) groups excluding carboxylic acids is 2. The molecule has 1 aromatic rings. The van der Waals surface area contributed by atoms with E-state index in [4.69, 9.17) is 21.7 Å². The molecule has 1 fully saturated rings. The molecular weight excluding hydrogens is 360 g/mol. The molecule has 0 radical (unpaired) electrons. The molecule has 134 valence electrons. The molecule has 1 saturated heterocycles. The topological polar surface area (TPSA) is 59.1 Å². The van der Waals surface area contributed by atoms with Crippen molar-refractivity contribution in [3.8, 4) is 5.75 Å². The highest BCUT2D eigenvalue weighted by atomic mass is 32.2. The lowest BCUT2D eigenvalue weighted by molar-refractivity contribution is -0.146. The lowest BCUT2D eigenvalue weighted by atomic mass is 10.2. The Morgan fingerprint density at radius 3 is 2.60 bits per heavy atom. The molecule has 0 unspecified atom stereocenters. The normalized spacial score (nSPS) is 16.0. The zero-order valence-corrected chi connectivity index (χ0v) is 16.0. The summed E-state index contributed by atoms with van der Waals surface area (Å²) in [6, 6.07) is 7.32. The molecule has 0 N–H and O–H groups in total. The molecule has 0 aliphatic carbocycles. The quantitative estimate of drug-likeness (QED) is 0.407. The first kappa shape index (κ1) is 19.4. The Kier molecular flexibility index (Phi) is 6.98. The van der Waals surface area contributed by atoms with Crippen molar-refractivity contribution >= 4 is 46.3 Å². The van der Waals surface area contributed by atoms with Gasteiger partial charge in [0.2, 0.25) is 0 Å². The average molecular weight is 380 g/mol. The van der Waals surface area contributed by atoms with Crippen LogP contribution in [0.1, 0.15) is 5.56 Å². The van der Waals surface area contributed by atoms with Gasteiger partial charge in [0.05, 0.1) is 12.0 Å². The fourth-order valence-electron chi connectivity index (χ4n) is 2.00. The molecule has 1 amide bonds. The van der Waals surface area contributed by atoms with Crippen molar-refractivity contribution in [3.05, 3.63) is 34.7 Å². The van der Waals surface area contributed by atoms with Crippen molar-refractivity contribution < 1.29 is 19.1 Å². The van der Waals surface area contributed by atoms with Crippen LogP contribution in [0, 0.1) is 0 Å². The predicted octanol–water partition coefficient (Wildman–Crippen LogP) is 2.00. The van der Waals surface area contributed by atoms with Crippen molar-refractivity contribution in [3.63, 3.8) is 0 Å². The van der Waals surface area contributed by atoms with Crippen molar-refractivity contribution in [1.82, 2.24) is 9.80 Å². The van der Waals surface area contributed by atoms with Crippen molar-refractivity contribution in [2.24, 2.45) is 0 Å². The number of thioether (sulfide) groups is 1. The highest BCUT2D eigenvalue weighted by molar-refractivity contribution is 8.26. The van der Waals surface area contributed by atoms with Crippen LogP contribution in [0.15, 0.2) is 29.2 Å². The first-order chi connectivity index (χ1) is 11.9. The average Bonchev–Trinajstić information content (AvgIpc) is 2.83. The summed E-state index contributed by atoms with van der Waals surface area (Å²) >= 11 is 6.39. The summed E-state index contributed by atoms with van der Waals surface area (Å²) in [5, 5.41) is 0. The maximum Gasteiger partial charge on any atom is 0.326 e.